The molecule has 0 amide bonds. The molecule has 0 bridgehead atoms. The molecule has 2 heteroatoms. The summed E-state index contributed by atoms with van der Waals surface area (Å²) in [6.07, 6.45) is 13.1. The van der Waals surface area contributed by atoms with Gasteiger partial charge in [0.15, 0.2) is 0 Å². The molecule has 22 heavy (non-hydrogen) atoms. The molecule has 118 valence electrons. The van der Waals surface area contributed by atoms with Crippen LogP contribution in [0.5, 0.6) is 0 Å². The van der Waals surface area contributed by atoms with Crippen LogP contribution in [0.2, 0.25) is 0 Å². The Morgan fingerprint density at radius 1 is 1.14 bits per heavy atom. The van der Waals surface area contributed by atoms with Gasteiger partial charge in [-0.25, -0.2) is 0 Å². The molecule has 0 saturated carbocycles. The summed E-state index contributed by atoms with van der Waals surface area (Å²) in [5.41, 5.74) is 1.02. The SMILES string of the molecule is CC=CC=CC=CCC(CC)C(=O)OC(C)c1ccccc1. The highest BCUT2D eigenvalue weighted by Crippen LogP contribution is 2.20. The first-order valence-electron chi connectivity index (χ1n) is 7.89. The van der Waals surface area contributed by atoms with Crippen molar-refractivity contribution in [1.82, 2.24) is 0 Å². The first kappa shape index (κ1) is 18.0. The van der Waals surface area contributed by atoms with E-state index in [0.29, 0.717) is 6.42 Å². The van der Waals surface area contributed by atoms with E-state index in [9.17, 15) is 4.79 Å². The Morgan fingerprint density at radius 2 is 1.82 bits per heavy atom. The number of carbonyl (C=O) groups excluding carboxylic acids is 1. The fourth-order valence-corrected chi connectivity index (χ4v) is 2.05. The minimum absolute atomic E-state index is 0.0856. The van der Waals surface area contributed by atoms with E-state index in [1.54, 1.807) is 0 Å². The van der Waals surface area contributed by atoms with Gasteiger partial charge < -0.3 is 4.74 Å². The van der Waals surface area contributed by atoms with Crippen molar-refractivity contribution in [3.8, 4) is 0 Å². The van der Waals surface area contributed by atoms with Crippen LogP contribution in [0.25, 0.3) is 0 Å². The third-order valence-electron chi connectivity index (χ3n) is 3.47. The number of ether oxygens (including phenoxy) is 1. The Bertz CT molecular complexity index is 512. The fourth-order valence-electron chi connectivity index (χ4n) is 2.05. The molecule has 0 radical (unpaired) electrons. The second kappa shape index (κ2) is 10.6. The molecular weight excluding hydrogens is 272 g/mol. The van der Waals surface area contributed by atoms with Crippen LogP contribution in [0, 0.1) is 5.92 Å². The summed E-state index contributed by atoms with van der Waals surface area (Å²) >= 11 is 0. The molecule has 0 aliphatic carbocycles. The van der Waals surface area contributed by atoms with Crippen LogP contribution in [0.1, 0.15) is 45.3 Å². The van der Waals surface area contributed by atoms with Gasteiger partial charge in [0.05, 0.1) is 5.92 Å². The minimum Gasteiger partial charge on any atom is -0.458 e. The first-order chi connectivity index (χ1) is 10.7. The van der Waals surface area contributed by atoms with Gasteiger partial charge in [-0.15, -0.1) is 0 Å². The Balaban J connectivity index is 2.50. The lowest BCUT2D eigenvalue weighted by Crippen LogP contribution is -2.18. The number of allylic oxidation sites excluding steroid dienone is 6. The smallest absolute Gasteiger partial charge is 0.309 e. The Kier molecular flexibility index (Phi) is 8.66. The summed E-state index contributed by atoms with van der Waals surface area (Å²) in [6.45, 7) is 5.91. The zero-order valence-corrected chi connectivity index (χ0v) is 13.7. The average Bonchev–Trinajstić information content (AvgIpc) is 2.55. The number of carbonyl (C=O) groups is 1. The van der Waals surface area contributed by atoms with Crippen LogP contribution in [0.15, 0.2) is 66.8 Å². The Morgan fingerprint density at radius 3 is 2.45 bits per heavy atom. The lowest BCUT2D eigenvalue weighted by Gasteiger charge is -2.17. The van der Waals surface area contributed by atoms with Crippen LogP contribution < -0.4 is 0 Å². The molecule has 0 fully saturated rings. The van der Waals surface area contributed by atoms with Crippen molar-refractivity contribution in [2.75, 3.05) is 0 Å². The van der Waals surface area contributed by atoms with E-state index >= 15 is 0 Å². The van der Waals surface area contributed by atoms with E-state index in [2.05, 4.69) is 0 Å². The quantitative estimate of drug-likeness (QED) is 0.475. The second-order valence-corrected chi connectivity index (χ2v) is 5.17. The third kappa shape index (κ3) is 6.57. The van der Waals surface area contributed by atoms with E-state index in [-0.39, 0.29) is 18.0 Å². The predicted molar refractivity (Wildman–Crippen MR) is 92.4 cm³/mol. The van der Waals surface area contributed by atoms with E-state index in [4.69, 9.17) is 4.74 Å². The van der Waals surface area contributed by atoms with Crippen molar-refractivity contribution in [3.05, 3.63) is 72.4 Å². The van der Waals surface area contributed by atoms with Crippen molar-refractivity contribution in [3.63, 3.8) is 0 Å². The number of rotatable bonds is 8. The molecule has 2 atom stereocenters. The highest BCUT2D eigenvalue weighted by molar-refractivity contribution is 5.72. The Labute approximate surface area is 134 Å². The van der Waals surface area contributed by atoms with E-state index < -0.39 is 0 Å². The lowest BCUT2D eigenvalue weighted by molar-refractivity contribution is -0.153. The number of benzene rings is 1. The van der Waals surface area contributed by atoms with Gasteiger partial charge in [-0.2, -0.15) is 0 Å². The van der Waals surface area contributed by atoms with E-state index in [0.717, 1.165) is 12.0 Å². The molecule has 1 aromatic rings. The van der Waals surface area contributed by atoms with Gasteiger partial charge in [0, 0.05) is 0 Å². The molecular formula is C20H26O2. The largest absolute Gasteiger partial charge is 0.458 e. The molecule has 0 heterocycles. The zero-order chi connectivity index (χ0) is 16.2. The fraction of sp³-hybridized carbons (Fsp3) is 0.350. The summed E-state index contributed by atoms with van der Waals surface area (Å²) in [4.78, 5) is 12.2. The minimum atomic E-state index is -0.207. The van der Waals surface area contributed by atoms with Gasteiger partial charge in [-0.05, 0) is 32.3 Å². The topological polar surface area (TPSA) is 26.3 Å². The number of hydrogen-bond donors (Lipinski definition) is 0. The normalized spacial score (nSPS) is 14.7. The summed E-state index contributed by atoms with van der Waals surface area (Å²) in [6, 6.07) is 9.82. The highest BCUT2D eigenvalue weighted by atomic mass is 16.5. The predicted octanol–water partition coefficient (Wildman–Crippen LogP) is 5.40. The van der Waals surface area contributed by atoms with Crippen LogP contribution >= 0.6 is 0 Å². The molecule has 0 aromatic heterocycles. The maximum absolute atomic E-state index is 12.2. The second-order valence-electron chi connectivity index (χ2n) is 5.17. The van der Waals surface area contributed by atoms with Crippen LogP contribution in [0.3, 0.4) is 0 Å². The van der Waals surface area contributed by atoms with Crippen LogP contribution in [-0.2, 0) is 9.53 Å². The number of esters is 1. The third-order valence-corrected chi connectivity index (χ3v) is 3.47. The maximum atomic E-state index is 12.2. The number of hydrogen-bond acceptors (Lipinski definition) is 2. The van der Waals surface area contributed by atoms with Gasteiger partial charge in [0.1, 0.15) is 6.10 Å². The molecule has 0 spiro atoms. The van der Waals surface area contributed by atoms with E-state index in [1.807, 2.05) is 87.6 Å². The summed E-state index contributed by atoms with van der Waals surface area (Å²) in [5, 5.41) is 0. The zero-order valence-electron chi connectivity index (χ0n) is 13.7. The van der Waals surface area contributed by atoms with Gasteiger partial charge in [-0.1, -0.05) is 73.7 Å². The van der Waals surface area contributed by atoms with Crippen molar-refractivity contribution >= 4 is 5.97 Å². The van der Waals surface area contributed by atoms with Crippen molar-refractivity contribution < 1.29 is 9.53 Å². The first-order valence-corrected chi connectivity index (χ1v) is 7.89. The molecule has 0 aliphatic rings. The molecule has 1 aromatic carbocycles. The molecule has 0 N–H and O–H groups in total. The molecule has 0 saturated heterocycles. The van der Waals surface area contributed by atoms with Gasteiger partial charge in [-0.3, -0.25) is 4.79 Å². The Hall–Kier alpha value is -2.09. The van der Waals surface area contributed by atoms with Crippen molar-refractivity contribution in [2.24, 2.45) is 5.92 Å². The van der Waals surface area contributed by atoms with Gasteiger partial charge in [0.25, 0.3) is 0 Å². The molecule has 2 unspecified atom stereocenters. The maximum Gasteiger partial charge on any atom is 0.309 e. The summed E-state index contributed by atoms with van der Waals surface area (Å²) in [7, 11) is 0. The molecule has 0 aliphatic heterocycles. The highest BCUT2D eigenvalue weighted by Gasteiger charge is 2.19. The monoisotopic (exact) mass is 298 g/mol. The van der Waals surface area contributed by atoms with Crippen molar-refractivity contribution in [1.29, 1.82) is 0 Å². The van der Waals surface area contributed by atoms with Crippen molar-refractivity contribution in [2.45, 2.75) is 39.7 Å². The van der Waals surface area contributed by atoms with Gasteiger partial charge in [0.2, 0.25) is 0 Å². The van der Waals surface area contributed by atoms with Crippen LogP contribution in [0.4, 0.5) is 0 Å². The van der Waals surface area contributed by atoms with E-state index in [1.165, 1.54) is 0 Å². The summed E-state index contributed by atoms with van der Waals surface area (Å²) in [5.74, 6) is -0.210. The van der Waals surface area contributed by atoms with Gasteiger partial charge >= 0.3 is 5.97 Å². The molecule has 2 nitrogen and oxygen atoms in total. The lowest BCUT2D eigenvalue weighted by atomic mass is 10.0. The standard InChI is InChI=1S/C20H26O2/c1-4-6-7-8-9-11-14-18(5-2)20(21)22-17(3)19-15-12-10-13-16-19/h4,6-13,15-18H,5,14H2,1-3H3. The molecule has 1 rings (SSSR count). The van der Waals surface area contributed by atoms with Crippen LogP contribution in [-0.4, -0.2) is 5.97 Å². The average molecular weight is 298 g/mol. The summed E-state index contributed by atoms with van der Waals surface area (Å²) < 4.78 is 5.58.